The van der Waals surface area contributed by atoms with Crippen molar-refractivity contribution >= 4 is 5.97 Å². The van der Waals surface area contributed by atoms with E-state index in [1.165, 1.54) is 19.8 Å². The molecule has 1 saturated heterocycles. The van der Waals surface area contributed by atoms with E-state index in [9.17, 15) is 4.79 Å². The van der Waals surface area contributed by atoms with Crippen LogP contribution in [0.3, 0.4) is 0 Å². The molecule has 0 radical (unpaired) electrons. The van der Waals surface area contributed by atoms with Crippen molar-refractivity contribution in [1.29, 1.82) is 0 Å². The second-order valence-corrected chi connectivity index (χ2v) is 7.89. The van der Waals surface area contributed by atoms with Gasteiger partial charge >= 0.3 is 5.97 Å². The van der Waals surface area contributed by atoms with Crippen molar-refractivity contribution in [3.8, 4) is 0 Å². The van der Waals surface area contributed by atoms with Crippen LogP contribution in [-0.2, 0) is 14.3 Å². The Morgan fingerprint density at radius 2 is 1.95 bits per heavy atom. The van der Waals surface area contributed by atoms with Gasteiger partial charge in [0.25, 0.3) is 0 Å². The summed E-state index contributed by atoms with van der Waals surface area (Å²) in [6.07, 6.45) is 4.62. The maximum atomic E-state index is 11.4. The Bertz CT molecular complexity index is 416. The number of fused-ring (bicyclic) bond motifs is 1. The summed E-state index contributed by atoms with van der Waals surface area (Å²) in [6, 6.07) is 0. The molecule has 3 heteroatoms. The van der Waals surface area contributed by atoms with E-state index in [4.69, 9.17) is 9.47 Å². The largest absolute Gasteiger partial charge is 0.462 e. The standard InChI is InChI=1S/C17H28O3/c1-10-6-7-14-11(2)15(19-12(3)18)8-13-9-17(10,14)20-16(13,4)5/h10-11,13-15H,6-9H2,1-5H3/t10?,11-,13-,14-,15+,17+/m1/s1. The van der Waals surface area contributed by atoms with Crippen LogP contribution in [0.1, 0.15) is 60.3 Å². The van der Waals surface area contributed by atoms with E-state index in [0.29, 0.717) is 23.7 Å². The molecule has 0 N–H and O–H groups in total. The molecule has 2 aliphatic carbocycles. The smallest absolute Gasteiger partial charge is 0.302 e. The van der Waals surface area contributed by atoms with E-state index in [2.05, 4.69) is 27.7 Å². The first-order chi connectivity index (χ1) is 9.26. The number of ether oxygens (including phenoxy) is 2. The zero-order valence-corrected chi connectivity index (χ0v) is 13.4. The van der Waals surface area contributed by atoms with Crippen molar-refractivity contribution in [1.82, 2.24) is 0 Å². The minimum atomic E-state index is -0.140. The Balaban J connectivity index is 1.96. The van der Waals surface area contributed by atoms with Gasteiger partial charge in [-0.2, -0.15) is 0 Å². The average molecular weight is 280 g/mol. The summed E-state index contributed by atoms with van der Waals surface area (Å²) in [5.41, 5.74) is -0.0577. The Hall–Kier alpha value is -0.570. The fraction of sp³-hybridized carbons (Fsp3) is 0.941. The predicted octanol–water partition coefficient (Wildman–Crippen LogP) is 3.56. The molecule has 3 nitrogen and oxygen atoms in total. The molecule has 1 unspecified atom stereocenters. The summed E-state index contributed by atoms with van der Waals surface area (Å²) in [5, 5.41) is 0. The van der Waals surface area contributed by atoms with E-state index in [1.54, 1.807) is 0 Å². The molecular formula is C17H28O3. The SMILES string of the molecule is CC(=O)O[C@H]1C[C@@H]2C[C@]3(OC2(C)C)C(C)CC[C@@H]3[C@H]1C. The van der Waals surface area contributed by atoms with Crippen LogP contribution in [0.25, 0.3) is 0 Å². The highest BCUT2D eigenvalue weighted by Gasteiger charge is 2.63. The van der Waals surface area contributed by atoms with Crippen molar-refractivity contribution in [2.75, 3.05) is 0 Å². The minimum absolute atomic E-state index is 0.0302. The van der Waals surface area contributed by atoms with Gasteiger partial charge in [0.2, 0.25) is 0 Å². The molecule has 6 atom stereocenters. The molecule has 0 aromatic heterocycles. The van der Waals surface area contributed by atoms with Crippen LogP contribution in [0.5, 0.6) is 0 Å². The number of carbonyl (C=O) groups excluding carboxylic acids is 1. The van der Waals surface area contributed by atoms with Crippen LogP contribution in [0.4, 0.5) is 0 Å². The van der Waals surface area contributed by atoms with Gasteiger partial charge in [0, 0.05) is 6.92 Å². The van der Waals surface area contributed by atoms with Crippen LogP contribution in [0, 0.1) is 23.7 Å². The van der Waals surface area contributed by atoms with Gasteiger partial charge in [-0.1, -0.05) is 13.8 Å². The first-order valence-electron chi connectivity index (χ1n) is 8.13. The van der Waals surface area contributed by atoms with E-state index in [-0.39, 0.29) is 23.3 Å². The lowest BCUT2D eigenvalue weighted by Gasteiger charge is -2.42. The van der Waals surface area contributed by atoms with Gasteiger partial charge in [-0.15, -0.1) is 0 Å². The molecule has 2 bridgehead atoms. The van der Waals surface area contributed by atoms with E-state index < -0.39 is 0 Å². The van der Waals surface area contributed by atoms with Crippen molar-refractivity contribution in [3.63, 3.8) is 0 Å². The molecule has 1 heterocycles. The molecule has 0 aromatic carbocycles. The fourth-order valence-electron chi connectivity index (χ4n) is 5.26. The van der Waals surface area contributed by atoms with Crippen molar-refractivity contribution in [2.45, 2.75) is 77.6 Å². The summed E-state index contributed by atoms with van der Waals surface area (Å²) in [6.45, 7) is 10.6. The molecular weight excluding hydrogens is 252 g/mol. The molecule has 114 valence electrons. The van der Waals surface area contributed by atoms with E-state index in [1.807, 2.05) is 0 Å². The maximum absolute atomic E-state index is 11.4. The highest BCUT2D eigenvalue weighted by atomic mass is 16.5. The van der Waals surface area contributed by atoms with Gasteiger partial charge in [0.1, 0.15) is 6.10 Å². The average Bonchev–Trinajstić information content (AvgIpc) is 2.72. The number of rotatable bonds is 1. The lowest BCUT2D eigenvalue weighted by Crippen LogP contribution is -2.47. The van der Waals surface area contributed by atoms with Crippen LogP contribution >= 0.6 is 0 Å². The van der Waals surface area contributed by atoms with Crippen LogP contribution in [-0.4, -0.2) is 23.3 Å². The van der Waals surface area contributed by atoms with Gasteiger partial charge in [0.15, 0.2) is 0 Å². The van der Waals surface area contributed by atoms with Crippen LogP contribution < -0.4 is 0 Å². The molecule has 1 spiro atoms. The fourth-order valence-corrected chi connectivity index (χ4v) is 5.26. The van der Waals surface area contributed by atoms with Gasteiger partial charge in [-0.25, -0.2) is 0 Å². The highest BCUT2D eigenvalue weighted by Crippen LogP contribution is 2.61. The van der Waals surface area contributed by atoms with Crippen molar-refractivity contribution in [3.05, 3.63) is 0 Å². The molecule has 0 amide bonds. The van der Waals surface area contributed by atoms with Crippen LogP contribution in [0.15, 0.2) is 0 Å². The molecule has 3 rings (SSSR count). The van der Waals surface area contributed by atoms with Crippen LogP contribution in [0.2, 0.25) is 0 Å². The quantitative estimate of drug-likeness (QED) is 0.689. The Morgan fingerprint density at radius 3 is 2.60 bits per heavy atom. The number of hydrogen-bond acceptors (Lipinski definition) is 3. The summed E-state index contributed by atoms with van der Waals surface area (Å²) in [7, 11) is 0. The second-order valence-electron chi connectivity index (χ2n) is 7.89. The third kappa shape index (κ3) is 1.93. The second kappa shape index (κ2) is 4.46. The molecule has 3 aliphatic rings. The number of carbonyl (C=O) groups is 1. The lowest BCUT2D eigenvalue weighted by atomic mass is 9.76. The summed E-state index contributed by atoms with van der Waals surface area (Å²) in [5.74, 6) is 1.92. The summed E-state index contributed by atoms with van der Waals surface area (Å²) in [4.78, 5) is 11.4. The topological polar surface area (TPSA) is 35.5 Å². The zero-order valence-electron chi connectivity index (χ0n) is 13.4. The monoisotopic (exact) mass is 280 g/mol. The minimum Gasteiger partial charge on any atom is -0.462 e. The third-order valence-electron chi connectivity index (χ3n) is 6.43. The van der Waals surface area contributed by atoms with E-state index in [0.717, 1.165) is 12.8 Å². The zero-order chi connectivity index (χ0) is 14.7. The Morgan fingerprint density at radius 1 is 1.25 bits per heavy atom. The Kier molecular flexibility index (Phi) is 3.20. The molecule has 1 aliphatic heterocycles. The van der Waals surface area contributed by atoms with Gasteiger partial charge in [-0.3, -0.25) is 4.79 Å². The maximum Gasteiger partial charge on any atom is 0.302 e. The van der Waals surface area contributed by atoms with Gasteiger partial charge < -0.3 is 9.47 Å². The summed E-state index contributed by atoms with van der Waals surface area (Å²) < 4.78 is 12.3. The lowest BCUT2D eigenvalue weighted by molar-refractivity contribution is -0.173. The molecule has 20 heavy (non-hydrogen) atoms. The first kappa shape index (κ1) is 14.4. The number of hydrogen-bond donors (Lipinski definition) is 0. The summed E-state index contributed by atoms with van der Waals surface area (Å²) >= 11 is 0. The Labute approximate surface area is 122 Å². The third-order valence-corrected chi connectivity index (χ3v) is 6.43. The molecule has 2 saturated carbocycles. The highest BCUT2D eigenvalue weighted by molar-refractivity contribution is 5.66. The van der Waals surface area contributed by atoms with Crippen molar-refractivity contribution < 1.29 is 14.3 Å². The predicted molar refractivity (Wildman–Crippen MR) is 77.2 cm³/mol. The molecule has 3 fully saturated rings. The van der Waals surface area contributed by atoms with Gasteiger partial charge in [-0.05, 0) is 63.2 Å². The number of esters is 1. The van der Waals surface area contributed by atoms with Crippen molar-refractivity contribution in [2.24, 2.45) is 23.7 Å². The first-order valence-corrected chi connectivity index (χ1v) is 8.13. The van der Waals surface area contributed by atoms with Gasteiger partial charge in [0.05, 0.1) is 11.2 Å². The van der Waals surface area contributed by atoms with E-state index >= 15 is 0 Å². The molecule has 0 aromatic rings. The normalized spacial score (nSPS) is 49.5.